The number of halogens is 2. The van der Waals surface area contributed by atoms with E-state index in [2.05, 4.69) is 0 Å². The van der Waals surface area contributed by atoms with Crippen molar-refractivity contribution >= 4 is 10.0 Å². The van der Waals surface area contributed by atoms with Gasteiger partial charge in [0, 0.05) is 19.1 Å². The van der Waals surface area contributed by atoms with Gasteiger partial charge >= 0.3 is 0 Å². The molecule has 1 aliphatic heterocycles. The molecule has 0 aliphatic carbocycles. The standard InChI is InChI=1S/C14H20F2N2O2S/c1-9(2)12-4-3-5-18(12)21(19,20)13-7-10(8-17)6-11(15)14(13)16/h6-7,9,12H,3-5,8,17H2,1-2H3. The highest BCUT2D eigenvalue weighted by Crippen LogP contribution is 2.32. The first-order valence-corrected chi connectivity index (χ1v) is 8.43. The molecule has 1 fully saturated rings. The van der Waals surface area contributed by atoms with Gasteiger partial charge in [-0.3, -0.25) is 0 Å². The molecule has 0 radical (unpaired) electrons. The Labute approximate surface area is 124 Å². The summed E-state index contributed by atoms with van der Waals surface area (Å²) >= 11 is 0. The second-order valence-corrected chi connectivity index (χ2v) is 7.52. The van der Waals surface area contributed by atoms with Crippen LogP contribution in [0.3, 0.4) is 0 Å². The van der Waals surface area contributed by atoms with Crippen LogP contribution >= 0.6 is 0 Å². The van der Waals surface area contributed by atoms with Gasteiger partial charge in [-0.05, 0) is 36.5 Å². The van der Waals surface area contributed by atoms with E-state index in [-0.39, 0.29) is 24.1 Å². The van der Waals surface area contributed by atoms with Crippen molar-refractivity contribution in [3.05, 3.63) is 29.3 Å². The summed E-state index contributed by atoms with van der Waals surface area (Å²) in [6, 6.07) is 1.88. The van der Waals surface area contributed by atoms with E-state index in [1.54, 1.807) is 0 Å². The maximum atomic E-state index is 14.0. The third kappa shape index (κ3) is 2.95. The van der Waals surface area contributed by atoms with Crippen LogP contribution in [0.15, 0.2) is 17.0 Å². The van der Waals surface area contributed by atoms with Crippen LogP contribution in [0.1, 0.15) is 32.3 Å². The summed E-state index contributed by atoms with van der Waals surface area (Å²) in [7, 11) is -4.06. The van der Waals surface area contributed by atoms with Gasteiger partial charge in [0.25, 0.3) is 0 Å². The van der Waals surface area contributed by atoms with Crippen molar-refractivity contribution in [3.63, 3.8) is 0 Å². The number of benzene rings is 1. The smallest absolute Gasteiger partial charge is 0.246 e. The number of hydrogen-bond acceptors (Lipinski definition) is 3. The first kappa shape index (κ1) is 16.3. The lowest BCUT2D eigenvalue weighted by Gasteiger charge is -2.27. The lowest BCUT2D eigenvalue weighted by molar-refractivity contribution is 0.314. The van der Waals surface area contributed by atoms with Gasteiger partial charge < -0.3 is 5.73 Å². The highest BCUT2D eigenvalue weighted by molar-refractivity contribution is 7.89. The predicted molar refractivity (Wildman–Crippen MR) is 76.0 cm³/mol. The summed E-state index contributed by atoms with van der Waals surface area (Å²) in [5, 5.41) is 0. The molecule has 1 aliphatic rings. The monoisotopic (exact) mass is 318 g/mol. The fourth-order valence-corrected chi connectivity index (χ4v) is 4.73. The number of rotatable bonds is 4. The van der Waals surface area contributed by atoms with Crippen LogP contribution in [0, 0.1) is 17.6 Å². The average molecular weight is 318 g/mol. The largest absolute Gasteiger partial charge is 0.326 e. The fraction of sp³-hybridized carbons (Fsp3) is 0.571. The van der Waals surface area contributed by atoms with E-state index >= 15 is 0 Å². The molecule has 7 heteroatoms. The van der Waals surface area contributed by atoms with Gasteiger partial charge in [0.1, 0.15) is 4.90 Å². The summed E-state index contributed by atoms with van der Waals surface area (Å²) in [5.74, 6) is -2.40. The minimum atomic E-state index is -4.06. The Morgan fingerprint density at radius 2 is 2.05 bits per heavy atom. The number of sulfonamides is 1. The molecule has 1 saturated heterocycles. The van der Waals surface area contributed by atoms with Crippen molar-refractivity contribution in [2.24, 2.45) is 11.7 Å². The second kappa shape index (κ2) is 5.98. The second-order valence-electron chi connectivity index (χ2n) is 5.66. The summed E-state index contributed by atoms with van der Waals surface area (Å²) in [6.45, 7) is 4.13. The molecule has 118 valence electrons. The lowest BCUT2D eigenvalue weighted by atomic mass is 10.0. The minimum Gasteiger partial charge on any atom is -0.326 e. The summed E-state index contributed by atoms with van der Waals surface area (Å²) in [6.07, 6.45) is 1.46. The normalized spacial score (nSPS) is 20.4. The Bertz CT molecular complexity index is 632. The SMILES string of the molecule is CC(C)C1CCCN1S(=O)(=O)c1cc(CN)cc(F)c1F. The first-order chi connectivity index (χ1) is 9.78. The van der Waals surface area contributed by atoms with Gasteiger partial charge in [0.2, 0.25) is 10.0 Å². The number of hydrogen-bond donors (Lipinski definition) is 1. The van der Waals surface area contributed by atoms with Gasteiger partial charge in [0.05, 0.1) is 0 Å². The molecule has 2 N–H and O–H groups in total. The quantitative estimate of drug-likeness (QED) is 0.926. The Kier molecular flexibility index (Phi) is 4.65. The molecule has 4 nitrogen and oxygen atoms in total. The maximum absolute atomic E-state index is 14.0. The molecule has 0 bridgehead atoms. The van der Waals surface area contributed by atoms with Crippen LogP contribution in [0.5, 0.6) is 0 Å². The number of nitrogens with two attached hydrogens (primary N) is 1. The third-order valence-electron chi connectivity index (χ3n) is 3.89. The molecule has 0 amide bonds. The molecule has 1 heterocycles. The van der Waals surface area contributed by atoms with Crippen molar-refractivity contribution in [1.29, 1.82) is 0 Å². The first-order valence-electron chi connectivity index (χ1n) is 6.99. The van der Waals surface area contributed by atoms with Crippen molar-refractivity contribution in [2.75, 3.05) is 6.54 Å². The Balaban J connectivity index is 2.51. The Morgan fingerprint density at radius 1 is 1.38 bits per heavy atom. The van der Waals surface area contributed by atoms with Crippen molar-refractivity contribution in [1.82, 2.24) is 4.31 Å². The lowest BCUT2D eigenvalue weighted by Crippen LogP contribution is -2.39. The van der Waals surface area contributed by atoms with E-state index in [0.717, 1.165) is 25.0 Å². The molecule has 0 aromatic heterocycles. The highest BCUT2D eigenvalue weighted by Gasteiger charge is 2.38. The van der Waals surface area contributed by atoms with E-state index in [0.29, 0.717) is 6.54 Å². The van der Waals surface area contributed by atoms with Crippen LogP contribution in [0.4, 0.5) is 8.78 Å². The van der Waals surface area contributed by atoms with Gasteiger partial charge in [-0.15, -0.1) is 0 Å². The summed E-state index contributed by atoms with van der Waals surface area (Å²) in [5.41, 5.74) is 5.67. The molecule has 1 aromatic carbocycles. The zero-order chi connectivity index (χ0) is 15.8. The molecule has 0 spiro atoms. The van der Waals surface area contributed by atoms with Crippen LogP contribution in [0.25, 0.3) is 0 Å². The van der Waals surface area contributed by atoms with Gasteiger partial charge in [-0.25, -0.2) is 17.2 Å². The van der Waals surface area contributed by atoms with E-state index < -0.39 is 26.6 Å². The maximum Gasteiger partial charge on any atom is 0.246 e. The van der Waals surface area contributed by atoms with Gasteiger partial charge in [-0.2, -0.15) is 4.31 Å². The molecule has 0 saturated carbocycles. The predicted octanol–water partition coefficient (Wildman–Crippen LogP) is 2.23. The van der Waals surface area contributed by atoms with Crippen LogP contribution in [-0.4, -0.2) is 25.3 Å². The highest BCUT2D eigenvalue weighted by atomic mass is 32.2. The van der Waals surface area contributed by atoms with Gasteiger partial charge in [-0.1, -0.05) is 13.8 Å². The third-order valence-corrected chi connectivity index (χ3v) is 5.82. The van der Waals surface area contributed by atoms with Crippen molar-refractivity contribution < 1.29 is 17.2 Å². The minimum absolute atomic E-state index is 0.0483. The van der Waals surface area contributed by atoms with Crippen LogP contribution in [0.2, 0.25) is 0 Å². The summed E-state index contributed by atoms with van der Waals surface area (Å²) < 4.78 is 54.2. The van der Waals surface area contributed by atoms with E-state index in [1.807, 2.05) is 13.8 Å². The van der Waals surface area contributed by atoms with Crippen molar-refractivity contribution in [2.45, 2.75) is 44.2 Å². The topological polar surface area (TPSA) is 63.4 Å². The average Bonchev–Trinajstić information content (AvgIpc) is 2.91. The van der Waals surface area contributed by atoms with Gasteiger partial charge in [0.15, 0.2) is 11.6 Å². The number of nitrogens with zero attached hydrogens (tertiary/aromatic N) is 1. The van der Waals surface area contributed by atoms with Crippen molar-refractivity contribution in [3.8, 4) is 0 Å². The molecular formula is C14H20F2N2O2S. The molecule has 1 atom stereocenters. The van der Waals surface area contributed by atoms with Crippen LogP contribution in [-0.2, 0) is 16.6 Å². The van der Waals surface area contributed by atoms with E-state index in [1.165, 1.54) is 4.31 Å². The molecule has 21 heavy (non-hydrogen) atoms. The molecule has 1 aromatic rings. The Morgan fingerprint density at radius 3 is 2.62 bits per heavy atom. The molecule has 2 rings (SSSR count). The molecule has 1 unspecified atom stereocenters. The van der Waals surface area contributed by atoms with E-state index in [9.17, 15) is 17.2 Å². The fourth-order valence-electron chi connectivity index (χ4n) is 2.78. The molecular weight excluding hydrogens is 298 g/mol. The zero-order valence-electron chi connectivity index (χ0n) is 12.1. The Hall–Kier alpha value is -1.05. The van der Waals surface area contributed by atoms with E-state index in [4.69, 9.17) is 5.73 Å². The summed E-state index contributed by atoms with van der Waals surface area (Å²) in [4.78, 5) is -0.615. The zero-order valence-corrected chi connectivity index (χ0v) is 13.0. The van der Waals surface area contributed by atoms with Crippen LogP contribution < -0.4 is 5.73 Å².